The summed E-state index contributed by atoms with van der Waals surface area (Å²) in [6.07, 6.45) is 2.21. The van der Waals surface area contributed by atoms with Gasteiger partial charge < -0.3 is 5.32 Å². The number of hydrogen-bond donors (Lipinski definition) is 1. The molecule has 0 aromatic heterocycles. The van der Waals surface area contributed by atoms with Crippen LogP contribution in [0.5, 0.6) is 0 Å². The van der Waals surface area contributed by atoms with Crippen LogP contribution in [0.3, 0.4) is 0 Å². The summed E-state index contributed by atoms with van der Waals surface area (Å²) in [7, 11) is 0. The molecule has 1 saturated heterocycles. The van der Waals surface area contributed by atoms with Crippen molar-refractivity contribution >= 4 is 0 Å². The third-order valence-corrected chi connectivity index (χ3v) is 3.66. The summed E-state index contributed by atoms with van der Waals surface area (Å²) in [5.41, 5.74) is 1.88. The first kappa shape index (κ1) is 11.6. The lowest BCUT2D eigenvalue weighted by Gasteiger charge is -2.18. The van der Waals surface area contributed by atoms with E-state index in [9.17, 15) is 4.39 Å². The quantitative estimate of drug-likeness (QED) is 0.807. The van der Waals surface area contributed by atoms with Gasteiger partial charge in [-0.15, -0.1) is 0 Å². The maximum absolute atomic E-state index is 13.5. The van der Waals surface area contributed by atoms with Crippen LogP contribution < -0.4 is 5.32 Å². The van der Waals surface area contributed by atoms with Gasteiger partial charge >= 0.3 is 0 Å². The summed E-state index contributed by atoms with van der Waals surface area (Å²) in [5.74, 6) is 0.391. The highest BCUT2D eigenvalue weighted by molar-refractivity contribution is 5.28. The molecule has 0 aliphatic carbocycles. The second-order valence-electron chi connectivity index (χ2n) is 4.93. The molecule has 1 N–H and O–H groups in total. The Hall–Kier alpha value is -0.890. The molecule has 3 unspecified atom stereocenters. The summed E-state index contributed by atoms with van der Waals surface area (Å²) >= 11 is 0. The molecule has 1 nitrogen and oxygen atoms in total. The van der Waals surface area contributed by atoms with Gasteiger partial charge in [0.25, 0.3) is 0 Å². The smallest absolute Gasteiger partial charge is 0.126 e. The van der Waals surface area contributed by atoms with E-state index in [4.69, 9.17) is 0 Å². The fourth-order valence-corrected chi connectivity index (χ4v) is 2.71. The van der Waals surface area contributed by atoms with Crippen LogP contribution in [0.25, 0.3) is 0 Å². The molecule has 0 amide bonds. The van der Waals surface area contributed by atoms with Crippen molar-refractivity contribution in [1.29, 1.82) is 0 Å². The first-order chi connectivity index (χ1) is 7.61. The standard InChI is InChI=1S/C14H20FN/c1-4-14-12(7-10(3)16-14)11-6-5-9(2)13(15)8-11/h5-6,8,10,12,14,16H,4,7H2,1-3H3. The molecule has 1 aliphatic heterocycles. The largest absolute Gasteiger partial charge is 0.311 e. The van der Waals surface area contributed by atoms with Crippen molar-refractivity contribution in [2.45, 2.75) is 51.6 Å². The minimum Gasteiger partial charge on any atom is -0.311 e. The minimum atomic E-state index is -0.0769. The third-order valence-electron chi connectivity index (χ3n) is 3.66. The number of benzene rings is 1. The Morgan fingerprint density at radius 3 is 2.81 bits per heavy atom. The van der Waals surface area contributed by atoms with Gasteiger partial charge in [-0.1, -0.05) is 19.1 Å². The highest BCUT2D eigenvalue weighted by atomic mass is 19.1. The number of aryl methyl sites for hydroxylation is 1. The van der Waals surface area contributed by atoms with Crippen LogP contribution in [0.4, 0.5) is 4.39 Å². The van der Waals surface area contributed by atoms with Crippen molar-refractivity contribution in [2.24, 2.45) is 0 Å². The predicted molar refractivity (Wildman–Crippen MR) is 65.2 cm³/mol. The summed E-state index contributed by atoms with van der Waals surface area (Å²) in [5, 5.41) is 3.56. The molecule has 1 fully saturated rings. The van der Waals surface area contributed by atoms with Crippen LogP contribution >= 0.6 is 0 Å². The van der Waals surface area contributed by atoms with Crippen LogP contribution in [0, 0.1) is 12.7 Å². The van der Waals surface area contributed by atoms with Crippen LogP contribution in [-0.2, 0) is 0 Å². The van der Waals surface area contributed by atoms with Crippen molar-refractivity contribution in [3.05, 3.63) is 35.1 Å². The molecule has 2 heteroatoms. The van der Waals surface area contributed by atoms with E-state index in [0.29, 0.717) is 18.0 Å². The van der Waals surface area contributed by atoms with E-state index in [1.54, 1.807) is 6.07 Å². The molecule has 3 atom stereocenters. The number of nitrogens with one attached hydrogen (secondary N) is 1. The number of rotatable bonds is 2. The van der Waals surface area contributed by atoms with E-state index in [2.05, 4.69) is 25.2 Å². The SMILES string of the molecule is CCC1NC(C)CC1c1ccc(C)c(F)c1. The molecule has 16 heavy (non-hydrogen) atoms. The van der Waals surface area contributed by atoms with Gasteiger partial charge in [0.2, 0.25) is 0 Å². The molecular formula is C14H20FN. The van der Waals surface area contributed by atoms with Crippen LogP contribution in [0.2, 0.25) is 0 Å². The Morgan fingerprint density at radius 1 is 1.44 bits per heavy atom. The Balaban J connectivity index is 2.26. The highest BCUT2D eigenvalue weighted by Crippen LogP contribution is 2.32. The molecule has 1 heterocycles. The molecular weight excluding hydrogens is 201 g/mol. The van der Waals surface area contributed by atoms with Gasteiger partial charge in [0.1, 0.15) is 5.82 Å². The molecule has 0 radical (unpaired) electrons. The van der Waals surface area contributed by atoms with Crippen LogP contribution in [0.1, 0.15) is 43.7 Å². The highest BCUT2D eigenvalue weighted by Gasteiger charge is 2.31. The van der Waals surface area contributed by atoms with E-state index >= 15 is 0 Å². The van der Waals surface area contributed by atoms with E-state index < -0.39 is 0 Å². The normalized spacial score (nSPS) is 29.6. The van der Waals surface area contributed by atoms with Crippen molar-refractivity contribution in [2.75, 3.05) is 0 Å². The second kappa shape index (κ2) is 4.54. The van der Waals surface area contributed by atoms with Crippen LogP contribution in [-0.4, -0.2) is 12.1 Å². The lowest BCUT2D eigenvalue weighted by Crippen LogP contribution is -2.28. The zero-order valence-corrected chi connectivity index (χ0v) is 10.3. The fourth-order valence-electron chi connectivity index (χ4n) is 2.71. The Bertz CT molecular complexity index is 375. The van der Waals surface area contributed by atoms with E-state index in [1.807, 2.05) is 13.0 Å². The van der Waals surface area contributed by atoms with Crippen molar-refractivity contribution in [3.63, 3.8) is 0 Å². The third kappa shape index (κ3) is 2.12. The van der Waals surface area contributed by atoms with Crippen LogP contribution in [0.15, 0.2) is 18.2 Å². The molecule has 0 spiro atoms. The van der Waals surface area contributed by atoms with Gasteiger partial charge in [0, 0.05) is 18.0 Å². The van der Waals surface area contributed by atoms with Gasteiger partial charge in [-0.2, -0.15) is 0 Å². The molecule has 0 saturated carbocycles. The Morgan fingerprint density at radius 2 is 2.19 bits per heavy atom. The molecule has 0 bridgehead atoms. The van der Waals surface area contributed by atoms with Gasteiger partial charge in [-0.3, -0.25) is 0 Å². The number of hydrogen-bond acceptors (Lipinski definition) is 1. The zero-order chi connectivity index (χ0) is 11.7. The summed E-state index contributed by atoms with van der Waals surface area (Å²) in [6.45, 7) is 6.20. The second-order valence-corrected chi connectivity index (χ2v) is 4.93. The van der Waals surface area contributed by atoms with Gasteiger partial charge in [0.05, 0.1) is 0 Å². The average molecular weight is 221 g/mol. The van der Waals surface area contributed by atoms with E-state index in [1.165, 1.54) is 0 Å². The van der Waals surface area contributed by atoms with Gasteiger partial charge in [0.15, 0.2) is 0 Å². The molecule has 1 aliphatic rings. The maximum atomic E-state index is 13.5. The van der Waals surface area contributed by atoms with Gasteiger partial charge in [-0.05, 0) is 43.9 Å². The Labute approximate surface area is 97.1 Å². The van der Waals surface area contributed by atoms with E-state index in [-0.39, 0.29) is 5.82 Å². The number of halogens is 1. The summed E-state index contributed by atoms with van der Waals surface area (Å²) in [4.78, 5) is 0. The zero-order valence-electron chi connectivity index (χ0n) is 10.3. The van der Waals surface area contributed by atoms with Crippen molar-refractivity contribution in [3.8, 4) is 0 Å². The van der Waals surface area contributed by atoms with Gasteiger partial charge in [-0.25, -0.2) is 4.39 Å². The molecule has 2 rings (SSSR count). The van der Waals surface area contributed by atoms with Crippen molar-refractivity contribution in [1.82, 2.24) is 5.32 Å². The summed E-state index contributed by atoms with van der Waals surface area (Å²) < 4.78 is 13.5. The topological polar surface area (TPSA) is 12.0 Å². The average Bonchev–Trinajstić information content (AvgIpc) is 2.63. The minimum absolute atomic E-state index is 0.0769. The first-order valence-corrected chi connectivity index (χ1v) is 6.14. The summed E-state index contributed by atoms with van der Waals surface area (Å²) in [6, 6.07) is 6.71. The molecule has 1 aromatic rings. The monoisotopic (exact) mass is 221 g/mol. The first-order valence-electron chi connectivity index (χ1n) is 6.14. The fraction of sp³-hybridized carbons (Fsp3) is 0.571. The maximum Gasteiger partial charge on any atom is 0.126 e. The lowest BCUT2D eigenvalue weighted by molar-refractivity contribution is 0.515. The lowest BCUT2D eigenvalue weighted by atomic mass is 9.89. The van der Waals surface area contributed by atoms with Crippen molar-refractivity contribution < 1.29 is 4.39 Å². The molecule has 88 valence electrons. The van der Waals surface area contributed by atoms with E-state index in [0.717, 1.165) is 24.0 Å². The Kier molecular flexibility index (Phi) is 3.29. The molecule has 1 aromatic carbocycles. The predicted octanol–water partition coefficient (Wildman–Crippen LogP) is 3.38.